The quantitative estimate of drug-likeness (QED) is 0.761. The number of rotatable bonds is 6. The van der Waals surface area contributed by atoms with Crippen LogP contribution < -0.4 is 5.32 Å². The number of carbonyl (C=O) groups excluding carboxylic acids is 2. The first kappa shape index (κ1) is 19.5. The van der Waals surface area contributed by atoms with Crippen LogP contribution in [0.1, 0.15) is 60.3 Å². The van der Waals surface area contributed by atoms with E-state index in [0.29, 0.717) is 12.3 Å². The molecule has 23 heavy (non-hydrogen) atoms. The maximum absolute atomic E-state index is 12.0. The lowest BCUT2D eigenvalue weighted by Gasteiger charge is -2.23. The molecule has 5 heteroatoms. The normalized spacial score (nSPS) is 16.9. The van der Waals surface area contributed by atoms with Crippen molar-refractivity contribution in [2.45, 2.75) is 71.9 Å². The van der Waals surface area contributed by atoms with Crippen molar-refractivity contribution in [2.24, 2.45) is 5.92 Å². The van der Waals surface area contributed by atoms with E-state index in [-0.39, 0.29) is 11.9 Å². The molecule has 0 aromatic rings. The van der Waals surface area contributed by atoms with Gasteiger partial charge in [-0.1, -0.05) is 26.0 Å². The highest BCUT2D eigenvalue weighted by Gasteiger charge is 2.19. The molecule has 5 nitrogen and oxygen atoms in total. The maximum atomic E-state index is 12.0. The average molecular weight is 324 g/mol. The Morgan fingerprint density at radius 3 is 2.35 bits per heavy atom. The molecule has 1 fully saturated rings. The van der Waals surface area contributed by atoms with Gasteiger partial charge in [0.2, 0.25) is 5.91 Å². The zero-order valence-corrected chi connectivity index (χ0v) is 15.2. The number of nitrogens with zero attached hydrogens (tertiary/aromatic N) is 1. The van der Waals surface area contributed by atoms with Crippen LogP contribution in [0.2, 0.25) is 0 Å². The minimum atomic E-state index is -0.512. The van der Waals surface area contributed by atoms with E-state index in [9.17, 15) is 9.59 Å². The van der Waals surface area contributed by atoms with Crippen molar-refractivity contribution in [1.82, 2.24) is 10.2 Å². The third-order valence-electron chi connectivity index (χ3n) is 3.55. The minimum absolute atomic E-state index is 0.115. The number of amides is 2. The molecule has 0 unspecified atom stereocenters. The molecule has 2 amide bonds. The molecule has 1 rings (SSSR count). The number of alkyl carbamates (subject to hydrolysis) is 1. The van der Waals surface area contributed by atoms with E-state index in [1.165, 1.54) is 0 Å². The zero-order valence-electron chi connectivity index (χ0n) is 15.2. The van der Waals surface area contributed by atoms with Gasteiger partial charge in [0, 0.05) is 19.5 Å². The van der Waals surface area contributed by atoms with Crippen LogP contribution in [-0.2, 0) is 9.53 Å². The Morgan fingerprint density at radius 1 is 1.22 bits per heavy atom. The summed E-state index contributed by atoms with van der Waals surface area (Å²) in [5, 5.41) is 2.88. The van der Waals surface area contributed by atoms with Crippen LogP contribution in [0.25, 0.3) is 0 Å². The largest absolute Gasteiger partial charge is 0.444 e. The monoisotopic (exact) mass is 324 g/mol. The van der Waals surface area contributed by atoms with Gasteiger partial charge in [-0.2, -0.15) is 0 Å². The molecule has 132 valence electrons. The Labute approximate surface area is 140 Å². The molecule has 1 aliphatic heterocycles. The number of ether oxygens (including phenoxy) is 1. The van der Waals surface area contributed by atoms with Crippen LogP contribution in [0.3, 0.4) is 0 Å². The molecule has 0 spiro atoms. The highest BCUT2D eigenvalue weighted by atomic mass is 16.6. The number of likely N-dealkylation sites (tertiary alicyclic amines) is 1. The minimum Gasteiger partial charge on any atom is -0.444 e. The average Bonchev–Trinajstić information content (AvgIpc) is 2.88. The maximum Gasteiger partial charge on any atom is 0.408 e. The predicted molar refractivity (Wildman–Crippen MR) is 92.2 cm³/mol. The highest BCUT2D eigenvalue weighted by Crippen LogP contribution is 2.12. The van der Waals surface area contributed by atoms with Gasteiger partial charge >= 0.3 is 6.09 Å². The summed E-state index contributed by atoms with van der Waals surface area (Å²) in [5.41, 5.74) is -0.512. The second kappa shape index (κ2) is 8.94. The summed E-state index contributed by atoms with van der Waals surface area (Å²) in [4.78, 5) is 25.8. The summed E-state index contributed by atoms with van der Waals surface area (Å²) in [6.45, 7) is 11.5. The Hall–Kier alpha value is -1.52. The predicted octanol–water partition coefficient (Wildman–Crippen LogP) is 3.49. The van der Waals surface area contributed by atoms with Crippen LogP contribution in [-0.4, -0.2) is 41.6 Å². The molecule has 0 aromatic heterocycles. The SMILES string of the molecule is CC(C)C[C@@H](/C=C/CC(=O)N1CCCC1)NC(=O)OC(C)(C)C. The molecule has 1 N–H and O–H groups in total. The van der Waals surface area contributed by atoms with Crippen molar-refractivity contribution in [1.29, 1.82) is 0 Å². The van der Waals surface area contributed by atoms with Gasteiger partial charge in [0.05, 0.1) is 6.04 Å². The number of carbonyl (C=O) groups is 2. The topological polar surface area (TPSA) is 58.6 Å². The van der Waals surface area contributed by atoms with Crippen molar-refractivity contribution in [2.75, 3.05) is 13.1 Å². The summed E-state index contributed by atoms with van der Waals surface area (Å²) in [7, 11) is 0. The van der Waals surface area contributed by atoms with E-state index in [1.54, 1.807) is 0 Å². The first-order valence-electron chi connectivity index (χ1n) is 8.61. The van der Waals surface area contributed by atoms with Crippen molar-refractivity contribution >= 4 is 12.0 Å². The smallest absolute Gasteiger partial charge is 0.408 e. The fourth-order valence-corrected chi connectivity index (χ4v) is 2.58. The van der Waals surface area contributed by atoms with Crippen molar-refractivity contribution in [3.63, 3.8) is 0 Å². The van der Waals surface area contributed by atoms with E-state index in [2.05, 4.69) is 19.2 Å². The molecule has 1 atom stereocenters. The van der Waals surface area contributed by atoms with Crippen LogP contribution in [0, 0.1) is 5.92 Å². The number of hydrogen-bond donors (Lipinski definition) is 1. The molecule has 0 aliphatic carbocycles. The lowest BCUT2D eigenvalue weighted by molar-refractivity contribution is -0.129. The first-order chi connectivity index (χ1) is 10.7. The summed E-state index contributed by atoms with van der Waals surface area (Å²) in [6, 6.07) is -0.115. The van der Waals surface area contributed by atoms with Gasteiger partial charge < -0.3 is 15.0 Å². The van der Waals surface area contributed by atoms with Crippen LogP contribution >= 0.6 is 0 Å². The van der Waals surface area contributed by atoms with E-state index >= 15 is 0 Å². The highest BCUT2D eigenvalue weighted by molar-refractivity contribution is 5.78. The lowest BCUT2D eigenvalue weighted by Crippen LogP contribution is -2.38. The Kier molecular flexibility index (Phi) is 7.59. The van der Waals surface area contributed by atoms with Gasteiger partial charge in [-0.05, 0) is 46.0 Å². The fourth-order valence-electron chi connectivity index (χ4n) is 2.58. The van der Waals surface area contributed by atoms with E-state index in [4.69, 9.17) is 4.74 Å². The zero-order chi connectivity index (χ0) is 17.5. The Bertz CT molecular complexity index is 418. The van der Waals surface area contributed by atoms with E-state index in [0.717, 1.165) is 32.4 Å². The summed E-state index contributed by atoms with van der Waals surface area (Å²) < 4.78 is 5.30. The molecule has 1 aliphatic rings. The third-order valence-corrected chi connectivity index (χ3v) is 3.55. The Morgan fingerprint density at radius 2 is 1.83 bits per heavy atom. The summed E-state index contributed by atoms with van der Waals surface area (Å²) >= 11 is 0. The second-order valence-corrected chi connectivity index (χ2v) is 7.60. The first-order valence-corrected chi connectivity index (χ1v) is 8.61. The molecule has 1 heterocycles. The second-order valence-electron chi connectivity index (χ2n) is 7.60. The molecule has 0 aromatic carbocycles. The molecular weight excluding hydrogens is 292 g/mol. The fraction of sp³-hybridized carbons (Fsp3) is 0.778. The molecule has 0 bridgehead atoms. The molecular formula is C18H32N2O3. The Balaban J connectivity index is 2.50. The lowest BCUT2D eigenvalue weighted by atomic mass is 10.0. The van der Waals surface area contributed by atoms with Gasteiger partial charge in [0.15, 0.2) is 0 Å². The van der Waals surface area contributed by atoms with Gasteiger partial charge in [-0.15, -0.1) is 0 Å². The van der Waals surface area contributed by atoms with Crippen LogP contribution in [0.4, 0.5) is 4.79 Å². The van der Waals surface area contributed by atoms with Gasteiger partial charge in [-0.3, -0.25) is 4.79 Å². The van der Waals surface area contributed by atoms with Crippen molar-refractivity contribution in [3.05, 3.63) is 12.2 Å². The summed E-state index contributed by atoms with van der Waals surface area (Å²) in [6.07, 6.45) is 6.78. The molecule has 1 saturated heterocycles. The number of nitrogens with one attached hydrogen (secondary N) is 1. The van der Waals surface area contributed by atoms with Crippen LogP contribution in [0.5, 0.6) is 0 Å². The van der Waals surface area contributed by atoms with Gasteiger partial charge in [0.25, 0.3) is 0 Å². The van der Waals surface area contributed by atoms with Gasteiger partial charge in [-0.25, -0.2) is 4.79 Å². The third kappa shape index (κ3) is 8.62. The molecule has 0 saturated carbocycles. The van der Waals surface area contributed by atoms with Crippen molar-refractivity contribution in [3.8, 4) is 0 Å². The van der Waals surface area contributed by atoms with Crippen molar-refractivity contribution < 1.29 is 14.3 Å². The standard InChI is InChI=1S/C18H32N2O3/c1-14(2)13-15(19-17(22)23-18(3,4)5)9-8-10-16(21)20-11-6-7-12-20/h8-9,14-15H,6-7,10-13H2,1-5H3,(H,19,22)/b9-8+/t15-/m1/s1. The summed E-state index contributed by atoms with van der Waals surface area (Å²) in [5.74, 6) is 0.605. The van der Waals surface area contributed by atoms with Crippen LogP contribution in [0.15, 0.2) is 12.2 Å². The van der Waals surface area contributed by atoms with E-state index < -0.39 is 11.7 Å². The van der Waals surface area contributed by atoms with E-state index in [1.807, 2.05) is 37.8 Å². The number of hydrogen-bond acceptors (Lipinski definition) is 3. The van der Waals surface area contributed by atoms with Gasteiger partial charge in [0.1, 0.15) is 5.60 Å². The molecule has 0 radical (unpaired) electrons.